The van der Waals surface area contributed by atoms with Crippen LogP contribution in [0.2, 0.25) is 0 Å². The molecule has 1 unspecified atom stereocenters. The molecule has 1 fully saturated rings. The molecular formula is C17H24F3N. The first-order valence-corrected chi connectivity index (χ1v) is 7.82. The van der Waals surface area contributed by atoms with E-state index in [0.29, 0.717) is 18.0 Å². The van der Waals surface area contributed by atoms with E-state index in [-0.39, 0.29) is 0 Å². The fraction of sp³-hybridized carbons (Fsp3) is 0.647. The van der Waals surface area contributed by atoms with Crippen molar-refractivity contribution >= 4 is 0 Å². The molecule has 2 rings (SSSR count). The van der Waals surface area contributed by atoms with E-state index in [0.717, 1.165) is 25.2 Å². The quantitative estimate of drug-likeness (QED) is 0.798. The Morgan fingerprint density at radius 1 is 1.10 bits per heavy atom. The third-order valence-electron chi connectivity index (χ3n) is 4.50. The number of alkyl halides is 3. The van der Waals surface area contributed by atoms with Gasteiger partial charge in [0.1, 0.15) is 6.04 Å². The number of rotatable bonds is 5. The number of benzene rings is 1. The Kier molecular flexibility index (Phi) is 5.68. The Morgan fingerprint density at radius 3 is 2.29 bits per heavy atom. The van der Waals surface area contributed by atoms with E-state index in [1.54, 1.807) is 18.2 Å². The first-order chi connectivity index (χ1) is 9.97. The summed E-state index contributed by atoms with van der Waals surface area (Å²) in [6.07, 6.45) is 1.34. The van der Waals surface area contributed by atoms with Gasteiger partial charge in [0.25, 0.3) is 0 Å². The van der Waals surface area contributed by atoms with Crippen LogP contribution in [0.15, 0.2) is 30.3 Å². The van der Waals surface area contributed by atoms with Crippen molar-refractivity contribution in [1.29, 1.82) is 0 Å². The lowest BCUT2D eigenvalue weighted by atomic mass is 9.81. The lowest BCUT2D eigenvalue weighted by Crippen LogP contribution is -2.35. The number of hydrogen-bond acceptors (Lipinski definition) is 1. The molecule has 1 aliphatic rings. The molecule has 1 nitrogen and oxygen atoms in total. The summed E-state index contributed by atoms with van der Waals surface area (Å²) in [6.45, 7) is 2.68. The first-order valence-electron chi connectivity index (χ1n) is 7.82. The summed E-state index contributed by atoms with van der Waals surface area (Å²) in [5.74, 6) is 1.36. The van der Waals surface area contributed by atoms with Crippen LogP contribution >= 0.6 is 0 Å². The number of halogens is 3. The molecule has 0 aliphatic heterocycles. The fourth-order valence-electron chi connectivity index (χ4n) is 3.12. The highest BCUT2D eigenvalue weighted by molar-refractivity contribution is 5.20. The molecule has 1 aromatic rings. The molecule has 118 valence electrons. The van der Waals surface area contributed by atoms with Crippen molar-refractivity contribution in [2.75, 3.05) is 6.54 Å². The predicted octanol–water partition coefficient (Wildman–Crippen LogP) is 5.10. The normalized spacial score (nSPS) is 24.8. The molecule has 0 aromatic heterocycles. The number of nitrogens with one attached hydrogen (secondary N) is 1. The molecule has 1 aliphatic carbocycles. The van der Waals surface area contributed by atoms with Gasteiger partial charge in [0.05, 0.1) is 0 Å². The summed E-state index contributed by atoms with van der Waals surface area (Å²) >= 11 is 0. The molecule has 0 radical (unpaired) electrons. The van der Waals surface area contributed by atoms with Crippen molar-refractivity contribution in [3.8, 4) is 0 Å². The molecule has 0 heterocycles. The van der Waals surface area contributed by atoms with Gasteiger partial charge in [0.15, 0.2) is 0 Å². The minimum absolute atomic E-state index is 0.294. The maximum absolute atomic E-state index is 13.2. The average molecular weight is 299 g/mol. The van der Waals surface area contributed by atoms with Crippen LogP contribution in [0.25, 0.3) is 0 Å². The van der Waals surface area contributed by atoms with Crippen LogP contribution in [0.1, 0.15) is 50.6 Å². The molecule has 0 spiro atoms. The van der Waals surface area contributed by atoms with Crippen LogP contribution in [0.5, 0.6) is 0 Å². The monoisotopic (exact) mass is 299 g/mol. The third kappa shape index (κ3) is 5.03. The van der Waals surface area contributed by atoms with Crippen molar-refractivity contribution in [2.45, 2.75) is 51.2 Å². The van der Waals surface area contributed by atoms with Gasteiger partial charge in [-0.25, -0.2) is 0 Å². The lowest BCUT2D eigenvalue weighted by Gasteiger charge is -2.27. The zero-order chi connectivity index (χ0) is 15.3. The molecule has 1 N–H and O–H groups in total. The SMILES string of the molecule is CC1CCC(CCNC(c2ccccc2)C(F)(F)F)CC1. The first kappa shape index (κ1) is 16.3. The van der Waals surface area contributed by atoms with Crippen LogP contribution in [0.4, 0.5) is 13.2 Å². The Balaban J connectivity index is 1.86. The minimum Gasteiger partial charge on any atom is -0.302 e. The highest BCUT2D eigenvalue weighted by Gasteiger charge is 2.40. The largest absolute Gasteiger partial charge is 0.407 e. The van der Waals surface area contributed by atoms with E-state index < -0.39 is 12.2 Å². The molecule has 1 aromatic carbocycles. The van der Waals surface area contributed by atoms with Gasteiger partial charge in [-0.1, -0.05) is 62.9 Å². The Morgan fingerprint density at radius 2 is 1.71 bits per heavy atom. The van der Waals surface area contributed by atoms with Crippen molar-refractivity contribution in [1.82, 2.24) is 5.32 Å². The Bertz CT molecular complexity index is 408. The van der Waals surface area contributed by atoms with Crippen molar-refractivity contribution < 1.29 is 13.2 Å². The maximum atomic E-state index is 13.2. The summed E-state index contributed by atoms with van der Waals surface area (Å²) in [5.41, 5.74) is 0.294. The summed E-state index contributed by atoms with van der Waals surface area (Å²) in [6, 6.07) is 6.55. The summed E-state index contributed by atoms with van der Waals surface area (Å²) in [7, 11) is 0. The van der Waals surface area contributed by atoms with Gasteiger partial charge in [-0.3, -0.25) is 0 Å². The van der Waals surface area contributed by atoms with E-state index in [1.165, 1.54) is 25.0 Å². The maximum Gasteiger partial charge on any atom is 0.407 e. The van der Waals surface area contributed by atoms with Crippen molar-refractivity contribution in [2.24, 2.45) is 11.8 Å². The van der Waals surface area contributed by atoms with Crippen LogP contribution < -0.4 is 5.32 Å². The zero-order valence-electron chi connectivity index (χ0n) is 12.5. The van der Waals surface area contributed by atoms with Crippen LogP contribution in [-0.2, 0) is 0 Å². The highest BCUT2D eigenvalue weighted by atomic mass is 19.4. The number of hydrogen-bond donors (Lipinski definition) is 1. The summed E-state index contributed by atoms with van der Waals surface area (Å²) in [5, 5.41) is 2.71. The molecule has 0 bridgehead atoms. The Hall–Kier alpha value is -1.03. The van der Waals surface area contributed by atoms with E-state index >= 15 is 0 Å². The second-order valence-corrected chi connectivity index (χ2v) is 6.25. The van der Waals surface area contributed by atoms with E-state index in [9.17, 15) is 13.2 Å². The predicted molar refractivity (Wildman–Crippen MR) is 79.0 cm³/mol. The molecule has 21 heavy (non-hydrogen) atoms. The smallest absolute Gasteiger partial charge is 0.302 e. The van der Waals surface area contributed by atoms with Gasteiger partial charge in [0.2, 0.25) is 0 Å². The second kappa shape index (κ2) is 7.30. The molecule has 0 amide bonds. The summed E-state index contributed by atoms with van der Waals surface area (Å²) in [4.78, 5) is 0. The van der Waals surface area contributed by atoms with Crippen molar-refractivity contribution in [3.05, 3.63) is 35.9 Å². The molecule has 0 saturated heterocycles. The highest BCUT2D eigenvalue weighted by Crippen LogP contribution is 2.33. The lowest BCUT2D eigenvalue weighted by molar-refractivity contribution is -0.157. The topological polar surface area (TPSA) is 12.0 Å². The van der Waals surface area contributed by atoms with Gasteiger partial charge in [0, 0.05) is 0 Å². The average Bonchev–Trinajstić information content (AvgIpc) is 2.45. The molecular weight excluding hydrogens is 275 g/mol. The Labute approximate surface area is 124 Å². The van der Waals surface area contributed by atoms with Gasteiger partial charge in [-0.05, 0) is 30.4 Å². The van der Waals surface area contributed by atoms with Gasteiger partial charge >= 0.3 is 6.18 Å². The van der Waals surface area contributed by atoms with Crippen molar-refractivity contribution in [3.63, 3.8) is 0 Å². The molecule has 1 atom stereocenters. The van der Waals surface area contributed by atoms with Crippen LogP contribution in [0, 0.1) is 11.8 Å². The minimum atomic E-state index is -4.25. The third-order valence-corrected chi connectivity index (χ3v) is 4.50. The zero-order valence-corrected chi connectivity index (χ0v) is 12.5. The van der Waals surface area contributed by atoms with E-state index in [1.807, 2.05) is 0 Å². The standard InChI is InChI=1S/C17H24F3N/c1-13-7-9-14(10-8-13)11-12-21-16(17(18,19)20)15-5-3-2-4-6-15/h2-6,13-14,16,21H,7-12H2,1H3. The van der Waals surface area contributed by atoms with Crippen LogP contribution in [-0.4, -0.2) is 12.7 Å². The van der Waals surface area contributed by atoms with E-state index in [4.69, 9.17) is 0 Å². The molecule has 1 saturated carbocycles. The van der Waals surface area contributed by atoms with E-state index in [2.05, 4.69) is 12.2 Å². The fourth-order valence-corrected chi connectivity index (χ4v) is 3.12. The summed E-state index contributed by atoms with van der Waals surface area (Å²) < 4.78 is 39.5. The van der Waals surface area contributed by atoms with Gasteiger partial charge < -0.3 is 5.32 Å². The van der Waals surface area contributed by atoms with Gasteiger partial charge in [-0.15, -0.1) is 0 Å². The second-order valence-electron chi connectivity index (χ2n) is 6.25. The molecule has 4 heteroatoms. The van der Waals surface area contributed by atoms with Crippen LogP contribution in [0.3, 0.4) is 0 Å². The van der Waals surface area contributed by atoms with Gasteiger partial charge in [-0.2, -0.15) is 13.2 Å².